The van der Waals surface area contributed by atoms with Gasteiger partial charge in [-0.25, -0.2) is 4.98 Å². The summed E-state index contributed by atoms with van der Waals surface area (Å²) in [4.78, 5) is 28.3. The van der Waals surface area contributed by atoms with Crippen LogP contribution in [0, 0.1) is 0 Å². The van der Waals surface area contributed by atoms with E-state index in [-0.39, 0.29) is 6.54 Å². The summed E-state index contributed by atoms with van der Waals surface area (Å²) in [5.41, 5.74) is 1.63. The second-order valence-electron chi connectivity index (χ2n) is 4.17. The zero-order valence-corrected chi connectivity index (χ0v) is 11.3. The van der Waals surface area contributed by atoms with Crippen molar-refractivity contribution >= 4 is 28.7 Å². The third kappa shape index (κ3) is 2.33. The molecule has 0 aliphatic carbocycles. The van der Waals surface area contributed by atoms with E-state index in [2.05, 4.69) is 10.3 Å². The molecule has 1 N–H and O–H groups in total. The van der Waals surface area contributed by atoms with Crippen LogP contribution in [0.5, 0.6) is 0 Å². The first-order chi connectivity index (χ1) is 9.75. The molecule has 0 unspecified atom stereocenters. The van der Waals surface area contributed by atoms with E-state index in [1.54, 1.807) is 23.7 Å². The summed E-state index contributed by atoms with van der Waals surface area (Å²) in [6.07, 6.45) is 3.55. The van der Waals surface area contributed by atoms with Crippen LogP contribution in [0.4, 0.5) is 0 Å². The molecule has 100 valence electrons. The lowest BCUT2D eigenvalue weighted by Gasteiger charge is -2.03. The van der Waals surface area contributed by atoms with Crippen molar-refractivity contribution in [3.8, 4) is 0 Å². The Labute approximate surface area is 118 Å². The average Bonchev–Trinajstić information content (AvgIpc) is 3.13. The fourth-order valence-electron chi connectivity index (χ4n) is 1.89. The molecule has 3 aromatic rings. The lowest BCUT2D eigenvalue weighted by atomic mass is 10.3. The summed E-state index contributed by atoms with van der Waals surface area (Å²) in [6.45, 7) is 0.265. The van der Waals surface area contributed by atoms with Crippen LogP contribution in [0.15, 0.2) is 48.1 Å². The summed E-state index contributed by atoms with van der Waals surface area (Å²) in [5, 5.41) is 4.39. The lowest BCUT2D eigenvalue weighted by Crippen LogP contribution is -2.30. The summed E-state index contributed by atoms with van der Waals surface area (Å²) < 4.78 is 1.87. The first kappa shape index (κ1) is 12.6. The molecule has 5 nitrogen and oxygen atoms in total. The maximum absolute atomic E-state index is 11.8. The van der Waals surface area contributed by atoms with Crippen molar-refractivity contribution in [2.24, 2.45) is 0 Å². The van der Waals surface area contributed by atoms with Crippen molar-refractivity contribution in [3.05, 3.63) is 58.7 Å². The summed E-state index contributed by atoms with van der Waals surface area (Å²) in [7, 11) is 0. The highest BCUT2D eigenvalue weighted by Crippen LogP contribution is 2.10. The van der Waals surface area contributed by atoms with Gasteiger partial charge in [0.1, 0.15) is 5.65 Å². The van der Waals surface area contributed by atoms with Crippen LogP contribution in [0.1, 0.15) is 15.4 Å². The zero-order valence-electron chi connectivity index (χ0n) is 10.4. The van der Waals surface area contributed by atoms with Crippen LogP contribution >= 0.6 is 11.3 Å². The molecule has 3 heterocycles. The van der Waals surface area contributed by atoms with Gasteiger partial charge >= 0.3 is 0 Å². The molecular weight excluding hydrogens is 274 g/mol. The molecule has 1 amide bonds. The molecule has 6 heteroatoms. The van der Waals surface area contributed by atoms with Gasteiger partial charge in [0.15, 0.2) is 0 Å². The Balaban J connectivity index is 1.70. The van der Waals surface area contributed by atoms with Gasteiger partial charge in [0.25, 0.3) is 11.7 Å². The normalized spacial score (nSPS) is 10.6. The Bertz CT molecular complexity index is 762. The smallest absolute Gasteiger partial charge is 0.293 e. The maximum atomic E-state index is 11.8. The number of imidazole rings is 1. The van der Waals surface area contributed by atoms with Gasteiger partial charge in [0, 0.05) is 6.20 Å². The topological polar surface area (TPSA) is 63.5 Å². The summed E-state index contributed by atoms with van der Waals surface area (Å²) in [5.74, 6) is -1.10. The summed E-state index contributed by atoms with van der Waals surface area (Å²) in [6, 6.07) is 9.04. The number of thiophene rings is 1. The fourth-order valence-corrected chi connectivity index (χ4v) is 2.55. The number of hydrogen-bond acceptors (Lipinski definition) is 4. The second-order valence-corrected chi connectivity index (χ2v) is 5.12. The van der Waals surface area contributed by atoms with E-state index in [4.69, 9.17) is 0 Å². The Morgan fingerprint density at radius 1 is 1.25 bits per heavy atom. The number of pyridine rings is 1. The number of aromatic nitrogens is 2. The standard InChI is InChI=1S/C14H11N3O2S/c18-13(11-4-3-7-20-11)14(19)16-9-10-8-15-12-5-1-2-6-17(10)12/h1-8H,9H2,(H,16,19). The number of carbonyl (C=O) groups excluding carboxylic acids is 2. The second kappa shape index (κ2) is 5.26. The fraction of sp³-hybridized carbons (Fsp3) is 0.0714. The first-order valence-electron chi connectivity index (χ1n) is 6.03. The van der Waals surface area contributed by atoms with E-state index in [1.165, 1.54) is 11.3 Å². The van der Waals surface area contributed by atoms with Crippen molar-refractivity contribution in [1.82, 2.24) is 14.7 Å². The van der Waals surface area contributed by atoms with Crippen molar-refractivity contribution in [2.45, 2.75) is 6.54 Å². The molecule has 20 heavy (non-hydrogen) atoms. The van der Waals surface area contributed by atoms with Gasteiger partial charge in [0.2, 0.25) is 0 Å². The van der Waals surface area contributed by atoms with Gasteiger partial charge in [-0.05, 0) is 23.6 Å². The average molecular weight is 285 g/mol. The zero-order chi connectivity index (χ0) is 13.9. The molecule has 0 fully saturated rings. The van der Waals surface area contributed by atoms with Gasteiger partial charge in [-0.1, -0.05) is 12.1 Å². The van der Waals surface area contributed by atoms with E-state index in [1.807, 2.05) is 28.8 Å². The molecule has 0 aromatic carbocycles. The van der Waals surface area contributed by atoms with Gasteiger partial charge in [-0.2, -0.15) is 0 Å². The largest absolute Gasteiger partial charge is 0.344 e. The predicted octanol–water partition coefficient (Wildman–Crippen LogP) is 1.89. The van der Waals surface area contributed by atoms with Crippen LogP contribution in [0.25, 0.3) is 5.65 Å². The number of amides is 1. The summed E-state index contributed by atoms with van der Waals surface area (Å²) >= 11 is 1.26. The van der Waals surface area contributed by atoms with Gasteiger partial charge in [-0.15, -0.1) is 11.3 Å². The SMILES string of the molecule is O=C(NCc1cnc2ccccn12)C(=O)c1cccs1. The number of fused-ring (bicyclic) bond motifs is 1. The van der Waals surface area contributed by atoms with Crippen LogP contribution in [-0.2, 0) is 11.3 Å². The number of Topliss-reactive ketones (excluding diaryl/α,β-unsaturated/α-hetero) is 1. The first-order valence-corrected chi connectivity index (χ1v) is 6.90. The predicted molar refractivity (Wildman–Crippen MR) is 75.7 cm³/mol. The molecule has 3 rings (SSSR count). The highest BCUT2D eigenvalue weighted by Gasteiger charge is 2.17. The number of nitrogens with one attached hydrogen (secondary N) is 1. The molecule has 0 aliphatic rings. The quantitative estimate of drug-likeness (QED) is 0.588. The van der Waals surface area contributed by atoms with Crippen LogP contribution in [-0.4, -0.2) is 21.1 Å². The minimum absolute atomic E-state index is 0.265. The molecule has 0 atom stereocenters. The van der Waals surface area contributed by atoms with E-state index in [9.17, 15) is 9.59 Å². The molecule has 0 spiro atoms. The van der Waals surface area contributed by atoms with Gasteiger partial charge in [-0.3, -0.25) is 9.59 Å². The van der Waals surface area contributed by atoms with E-state index in [0.29, 0.717) is 4.88 Å². The van der Waals surface area contributed by atoms with E-state index < -0.39 is 11.7 Å². The van der Waals surface area contributed by atoms with Crippen molar-refractivity contribution in [1.29, 1.82) is 0 Å². The van der Waals surface area contributed by atoms with Crippen molar-refractivity contribution in [2.75, 3.05) is 0 Å². The lowest BCUT2D eigenvalue weighted by molar-refractivity contribution is -0.117. The minimum atomic E-state index is -0.599. The third-order valence-electron chi connectivity index (χ3n) is 2.87. The van der Waals surface area contributed by atoms with E-state index in [0.717, 1.165) is 11.3 Å². The van der Waals surface area contributed by atoms with Gasteiger partial charge in [0.05, 0.1) is 23.3 Å². The number of hydrogen-bond donors (Lipinski definition) is 1. The molecule has 0 aliphatic heterocycles. The Kier molecular flexibility index (Phi) is 3.30. The number of nitrogens with zero attached hydrogens (tertiary/aromatic N) is 2. The van der Waals surface area contributed by atoms with Crippen LogP contribution < -0.4 is 5.32 Å². The van der Waals surface area contributed by atoms with Crippen molar-refractivity contribution < 1.29 is 9.59 Å². The molecule has 0 radical (unpaired) electrons. The van der Waals surface area contributed by atoms with Crippen LogP contribution in [0.3, 0.4) is 0 Å². The Morgan fingerprint density at radius 3 is 2.95 bits per heavy atom. The van der Waals surface area contributed by atoms with Crippen LogP contribution in [0.2, 0.25) is 0 Å². The minimum Gasteiger partial charge on any atom is -0.344 e. The number of carbonyl (C=O) groups is 2. The Hall–Kier alpha value is -2.47. The molecule has 0 saturated heterocycles. The third-order valence-corrected chi connectivity index (χ3v) is 3.74. The maximum Gasteiger partial charge on any atom is 0.293 e. The van der Waals surface area contributed by atoms with E-state index >= 15 is 0 Å². The molecule has 0 saturated carbocycles. The monoisotopic (exact) mass is 285 g/mol. The molecule has 0 bridgehead atoms. The van der Waals surface area contributed by atoms with Gasteiger partial charge < -0.3 is 9.72 Å². The highest BCUT2D eigenvalue weighted by atomic mass is 32.1. The Morgan fingerprint density at radius 2 is 2.15 bits per heavy atom. The highest BCUT2D eigenvalue weighted by molar-refractivity contribution is 7.13. The molecule has 3 aromatic heterocycles. The number of rotatable bonds is 4. The molecular formula is C14H11N3O2S. The number of ketones is 1. The van der Waals surface area contributed by atoms with Crippen molar-refractivity contribution in [3.63, 3.8) is 0 Å².